The van der Waals surface area contributed by atoms with E-state index < -0.39 is 11.7 Å². The molecule has 38 heavy (non-hydrogen) atoms. The first-order valence-corrected chi connectivity index (χ1v) is 12.4. The smallest absolute Gasteiger partial charge is 0.340 e. The number of H-pyrrole nitrogens is 1. The van der Waals surface area contributed by atoms with Crippen LogP contribution in [0.15, 0.2) is 54.9 Å². The third-order valence-corrected chi connectivity index (χ3v) is 6.92. The Hall–Kier alpha value is -4.15. The fourth-order valence-electron chi connectivity index (χ4n) is 4.95. The van der Waals surface area contributed by atoms with Crippen molar-refractivity contribution in [3.05, 3.63) is 77.4 Å². The number of rotatable bonds is 6. The Labute approximate surface area is 216 Å². The zero-order valence-electron chi connectivity index (χ0n) is 20.8. The minimum Gasteiger partial charge on any atom is -0.340 e. The lowest BCUT2D eigenvalue weighted by molar-refractivity contribution is -0.137. The lowest BCUT2D eigenvalue weighted by Crippen LogP contribution is -2.39. The molecule has 1 aliphatic heterocycles. The maximum Gasteiger partial charge on any atom is 0.417 e. The SMILES string of the molecule is Cn1c(C(=O)N2CCCCC2c2cc(NC(=O)CCc3cncc(C(F)(F)F)c3)n[nH]2)cc2ccccc21. The number of anilines is 1. The van der Waals surface area contributed by atoms with Crippen molar-refractivity contribution in [3.63, 3.8) is 0 Å². The minimum absolute atomic E-state index is 0.0275. The number of likely N-dealkylation sites (tertiary alicyclic amines) is 1. The van der Waals surface area contributed by atoms with Crippen molar-refractivity contribution in [1.29, 1.82) is 0 Å². The molecule has 11 heteroatoms. The van der Waals surface area contributed by atoms with E-state index in [1.54, 1.807) is 6.07 Å². The molecule has 3 aromatic heterocycles. The summed E-state index contributed by atoms with van der Waals surface area (Å²) in [5.74, 6) is -0.148. The second-order valence-corrected chi connectivity index (χ2v) is 9.49. The maximum absolute atomic E-state index is 13.6. The average Bonchev–Trinajstić information content (AvgIpc) is 3.51. The van der Waals surface area contributed by atoms with Crippen LogP contribution in [0.25, 0.3) is 10.9 Å². The van der Waals surface area contributed by atoms with Crippen LogP contribution in [0.1, 0.15) is 59.0 Å². The van der Waals surface area contributed by atoms with E-state index in [9.17, 15) is 22.8 Å². The lowest BCUT2D eigenvalue weighted by Gasteiger charge is -2.35. The molecule has 198 valence electrons. The van der Waals surface area contributed by atoms with Gasteiger partial charge in [-0.15, -0.1) is 0 Å². The number of nitrogens with zero attached hydrogens (tertiary/aromatic N) is 4. The molecule has 2 N–H and O–H groups in total. The molecular formula is C27H27F3N6O2. The number of hydrogen-bond acceptors (Lipinski definition) is 4. The van der Waals surface area contributed by atoms with Gasteiger partial charge in [-0.2, -0.15) is 18.3 Å². The predicted molar refractivity (Wildman–Crippen MR) is 135 cm³/mol. The van der Waals surface area contributed by atoms with Gasteiger partial charge < -0.3 is 14.8 Å². The monoisotopic (exact) mass is 524 g/mol. The molecule has 1 unspecified atom stereocenters. The number of pyridine rings is 1. The van der Waals surface area contributed by atoms with Gasteiger partial charge in [0.2, 0.25) is 5.91 Å². The molecule has 0 spiro atoms. The van der Waals surface area contributed by atoms with Crippen molar-refractivity contribution >= 4 is 28.5 Å². The number of amides is 2. The second-order valence-electron chi connectivity index (χ2n) is 9.49. The number of carbonyl (C=O) groups is 2. The number of nitrogens with one attached hydrogen (secondary N) is 2. The molecule has 0 bridgehead atoms. The topological polar surface area (TPSA) is 95.9 Å². The summed E-state index contributed by atoms with van der Waals surface area (Å²) in [5, 5.41) is 10.8. The minimum atomic E-state index is -4.49. The number of aromatic nitrogens is 4. The Balaban J connectivity index is 1.25. The molecule has 4 heterocycles. The summed E-state index contributed by atoms with van der Waals surface area (Å²) in [6.07, 6.45) is 0.278. The summed E-state index contributed by atoms with van der Waals surface area (Å²) >= 11 is 0. The number of benzene rings is 1. The fraction of sp³-hybridized carbons (Fsp3) is 0.333. The molecule has 1 aliphatic rings. The highest BCUT2D eigenvalue weighted by Crippen LogP contribution is 2.33. The zero-order valence-corrected chi connectivity index (χ0v) is 20.8. The van der Waals surface area contributed by atoms with E-state index in [2.05, 4.69) is 20.5 Å². The van der Waals surface area contributed by atoms with Crippen LogP contribution in [-0.4, -0.2) is 43.0 Å². The zero-order chi connectivity index (χ0) is 26.9. The van der Waals surface area contributed by atoms with Gasteiger partial charge in [0.15, 0.2) is 5.82 Å². The van der Waals surface area contributed by atoms with E-state index >= 15 is 0 Å². The first-order chi connectivity index (χ1) is 18.2. The number of piperidine rings is 1. The normalized spacial score (nSPS) is 16.1. The van der Waals surface area contributed by atoms with Gasteiger partial charge in [-0.05, 0) is 49.4 Å². The summed E-state index contributed by atoms with van der Waals surface area (Å²) in [5.41, 5.74) is 1.78. The molecule has 1 aromatic carbocycles. The van der Waals surface area contributed by atoms with Gasteiger partial charge in [0.25, 0.3) is 5.91 Å². The number of hydrogen-bond donors (Lipinski definition) is 2. The quantitative estimate of drug-likeness (QED) is 0.360. The highest BCUT2D eigenvalue weighted by atomic mass is 19.4. The number of para-hydroxylation sites is 1. The molecule has 0 radical (unpaired) electrons. The Morgan fingerprint density at radius 3 is 2.74 bits per heavy atom. The number of fused-ring (bicyclic) bond motifs is 1. The number of aryl methyl sites for hydroxylation is 2. The Morgan fingerprint density at radius 1 is 1.13 bits per heavy atom. The van der Waals surface area contributed by atoms with E-state index in [4.69, 9.17) is 0 Å². The standard InChI is InChI=1S/C27H27F3N6O2/c1-35-21-7-3-2-6-18(21)13-23(35)26(38)36-11-5-4-8-22(36)20-14-24(34-33-20)32-25(37)10-9-17-12-19(16-31-15-17)27(28,29)30/h2-3,6-7,12-16,22H,4-5,8-11H2,1H3,(H2,32,33,34,37). The first-order valence-electron chi connectivity index (χ1n) is 12.4. The number of carbonyl (C=O) groups excluding carboxylic acids is 2. The van der Waals surface area contributed by atoms with Crippen molar-refractivity contribution in [2.24, 2.45) is 7.05 Å². The maximum atomic E-state index is 13.6. The Kier molecular flexibility index (Phi) is 6.92. The highest BCUT2D eigenvalue weighted by molar-refractivity contribution is 5.99. The highest BCUT2D eigenvalue weighted by Gasteiger charge is 2.32. The summed E-state index contributed by atoms with van der Waals surface area (Å²) in [4.78, 5) is 31.5. The second kappa shape index (κ2) is 10.3. The van der Waals surface area contributed by atoms with Crippen molar-refractivity contribution in [2.75, 3.05) is 11.9 Å². The Morgan fingerprint density at radius 2 is 1.95 bits per heavy atom. The largest absolute Gasteiger partial charge is 0.417 e. The number of aromatic amines is 1. The third kappa shape index (κ3) is 5.27. The van der Waals surface area contributed by atoms with Gasteiger partial charge in [-0.3, -0.25) is 19.7 Å². The molecule has 1 saturated heterocycles. The molecule has 4 aromatic rings. The van der Waals surface area contributed by atoms with Crippen LogP contribution in [-0.2, 0) is 24.4 Å². The molecule has 5 rings (SSSR count). The third-order valence-electron chi connectivity index (χ3n) is 6.92. The number of halogens is 3. The molecule has 1 atom stereocenters. The van der Waals surface area contributed by atoms with Crippen molar-refractivity contribution in [3.8, 4) is 0 Å². The van der Waals surface area contributed by atoms with Crippen molar-refractivity contribution in [1.82, 2.24) is 24.6 Å². The average molecular weight is 525 g/mol. The Bertz CT molecular complexity index is 1480. The van der Waals surface area contributed by atoms with E-state index in [-0.39, 0.29) is 30.7 Å². The number of alkyl halides is 3. The molecular weight excluding hydrogens is 497 g/mol. The molecule has 1 fully saturated rings. The van der Waals surface area contributed by atoms with Gasteiger partial charge >= 0.3 is 6.18 Å². The lowest BCUT2D eigenvalue weighted by atomic mass is 9.99. The molecule has 2 amide bonds. The van der Waals surface area contributed by atoms with Gasteiger partial charge in [0, 0.05) is 49.4 Å². The summed E-state index contributed by atoms with van der Waals surface area (Å²) in [6.45, 7) is 0.608. The molecule has 0 saturated carbocycles. The van der Waals surface area contributed by atoms with E-state index in [0.717, 1.165) is 42.4 Å². The van der Waals surface area contributed by atoms with Gasteiger partial charge in [-0.1, -0.05) is 18.2 Å². The summed E-state index contributed by atoms with van der Waals surface area (Å²) in [6, 6.07) is 12.2. The van der Waals surface area contributed by atoms with E-state index in [0.29, 0.717) is 29.3 Å². The van der Waals surface area contributed by atoms with Crippen LogP contribution in [0.3, 0.4) is 0 Å². The van der Waals surface area contributed by atoms with Crippen LogP contribution in [0.4, 0.5) is 19.0 Å². The molecule has 8 nitrogen and oxygen atoms in total. The first kappa shape index (κ1) is 25.5. The van der Waals surface area contributed by atoms with Crippen LogP contribution in [0.2, 0.25) is 0 Å². The van der Waals surface area contributed by atoms with E-state index in [1.807, 2.05) is 46.8 Å². The van der Waals surface area contributed by atoms with Gasteiger partial charge in [0.1, 0.15) is 5.69 Å². The van der Waals surface area contributed by atoms with Gasteiger partial charge in [0.05, 0.1) is 17.3 Å². The van der Waals surface area contributed by atoms with Gasteiger partial charge in [-0.25, -0.2) is 0 Å². The van der Waals surface area contributed by atoms with E-state index in [1.165, 1.54) is 6.20 Å². The fourth-order valence-corrected chi connectivity index (χ4v) is 4.95. The van der Waals surface area contributed by atoms with Crippen molar-refractivity contribution in [2.45, 2.75) is 44.3 Å². The predicted octanol–water partition coefficient (Wildman–Crippen LogP) is 5.25. The van der Waals surface area contributed by atoms with Crippen LogP contribution < -0.4 is 5.32 Å². The summed E-state index contributed by atoms with van der Waals surface area (Å²) in [7, 11) is 1.88. The summed E-state index contributed by atoms with van der Waals surface area (Å²) < 4.78 is 40.6. The van der Waals surface area contributed by atoms with Crippen molar-refractivity contribution < 1.29 is 22.8 Å². The molecule has 0 aliphatic carbocycles. The van der Waals surface area contributed by atoms with Crippen LogP contribution in [0, 0.1) is 0 Å². The van der Waals surface area contributed by atoms with Crippen LogP contribution >= 0.6 is 0 Å². The van der Waals surface area contributed by atoms with Crippen LogP contribution in [0.5, 0.6) is 0 Å².